The lowest BCUT2D eigenvalue weighted by atomic mass is 10.0. The molecule has 0 saturated carbocycles. The fourth-order valence-electron chi connectivity index (χ4n) is 2.23. The highest BCUT2D eigenvalue weighted by molar-refractivity contribution is 7.17. The Morgan fingerprint density at radius 3 is 2.90 bits per heavy atom. The maximum absolute atomic E-state index is 11.9. The van der Waals surface area contributed by atoms with Crippen molar-refractivity contribution in [1.82, 2.24) is 9.97 Å². The third-order valence-corrected chi connectivity index (χ3v) is 4.17. The Morgan fingerprint density at radius 1 is 1.29 bits per heavy atom. The van der Waals surface area contributed by atoms with Crippen molar-refractivity contribution in [1.29, 1.82) is 0 Å². The zero-order valence-electron chi connectivity index (χ0n) is 11.9. The molecule has 2 aromatic heterocycles. The molecule has 2 heterocycles. The molecule has 108 valence electrons. The highest BCUT2D eigenvalue weighted by atomic mass is 32.1. The van der Waals surface area contributed by atoms with Crippen molar-refractivity contribution >= 4 is 21.6 Å². The van der Waals surface area contributed by atoms with E-state index in [4.69, 9.17) is 4.74 Å². The number of benzene rings is 1. The molecule has 0 fully saturated rings. The van der Waals surface area contributed by atoms with Crippen molar-refractivity contribution in [3.63, 3.8) is 0 Å². The minimum atomic E-state index is -0.106. The van der Waals surface area contributed by atoms with Gasteiger partial charge in [0.15, 0.2) is 0 Å². The maximum atomic E-state index is 11.9. The third-order valence-electron chi connectivity index (χ3n) is 3.27. The molecule has 0 radical (unpaired) electrons. The van der Waals surface area contributed by atoms with Gasteiger partial charge >= 0.3 is 0 Å². The Morgan fingerprint density at radius 2 is 2.10 bits per heavy atom. The van der Waals surface area contributed by atoms with E-state index in [-0.39, 0.29) is 12.2 Å². The average molecular weight is 300 g/mol. The van der Waals surface area contributed by atoms with E-state index in [2.05, 4.69) is 29.9 Å². The molecule has 4 nitrogen and oxygen atoms in total. The smallest absolute Gasteiger partial charge is 0.268 e. The molecule has 1 N–H and O–H groups in total. The van der Waals surface area contributed by atoms with Crippen LogP contribution in [0.25, 0.3) is 10.2 Å². The molecule has 5 heteroatoms. The van der Waals surface area contributed by atoms with Crippen LogP contribution >= 0.6 is 11.3 Å². The molecule has 3 aromatic rings. The first kappa shape index (κ1) is 13.8. The molecule has 0 aliphatic heterocycles. The number of rotatable bonds is 4. The van der Waals surface area contributed by atoms with Crippen LogP contribution in [0, 0.1) is 0 Å². The van der Waals surface area contributed by atoms with E-state index in [1.807, 2.05) is 29.6 Å². The summed E-state index contributed by atoms with van der Waals surface area (Å²) >= 11 is 1.40. The highest BCUT2D eigenvalue weighted by Gasteiger charge is 2.09. The number of nitrogens with zero attached hydrogens (tertiary/aromatic N) is 1. The van der Waals surface area contributed by atoms with Gasteiger partial charge in [0.05, 0.1) is 5.52 Å². The monoisotopic (exact) mass is 300 g/mol. The molecule has 0 aliphatic rings. The molecule has 0 aliphatic carbocycles. The second-order valence-corrected chi connectivity index (χ2v) is 6.04. The number of aromatic amines is 1. The Labute approximate surface area is 126 Å². The van der Waals surface area contributed by atoms with Gasteiger partial charge in [-0.3, -0.25) is 4.79 Å². The first-order valence-electron chi connectivity index (χ1n) is 6.83. The lowest BCUT2D eigenvalue weighted by Gasteiger charge is -2.13. The zero-order chi connectivity index (χ0) is 14.8. The van der Waals surface area contributed by atoms with Crippen LogP contribution in [-0.2, 0) is 6.61 Å². The molecule has 0 atom stereocenters. The number of hydrogen-bond donors (Lipinski definition) is 1. The molecule has 0 bridgehead atoms. The summed E-state index contributed by atoms with van der Waals surface area (Å²) in [5.41, 5.74) is 1.77. The Kier molecular flexibility index (Phi) is 3.75. The Hall–Kier alpha value is -2.14. The number of thiophene rings is 1. The van der Waals surface area contributed by atoms with Gasteiger partial charge in [-0.2, -0.15) is 0 Å². The number of H-pyrrole nitrogens is 1. The van der Waals surface area contributed by atoms with Crippen LogP contribution in [0.2, 0.25) is 0 Å². The standard InChI is InChI=1S/C16H16N2O2S/c1-10(2)11-5-3-4-6-13(11)20-9-14-17-12-7-8-21-15(12)16(19)18-14/h3-8,10H,9H2,1-2H3,(H,17,18,19). The van der Waals surface area contributed by atoms with Crippen molar-refractivity contribution < 1.29 is 4.74 Å². The summed E-state index contributed by atoms with van der Waals surface area (Å²) in [5, 5.41) is 1.87. The molecule has 21 heavy (non-hydrogen) atoms. The summed E-state index contributed by atoms with van der Waals surface area (Å²) in [6, 6.07) is 9.79. The Balaban J connectivity index is 1.85. The van der Waals surface area contributed by atoms with Crippen LogP contribution in [0.1, 0.15) is 31.2 Å². The third kappa shape index (κ3) is 2.83. The van der Waals surface area contributed by atoms with Crippen molar-refractivity contribution in [2.45, 2.75) is 26.4 Å². The van der Waals surface area contributed by atoms with Gasteiger partial charge in [-0.05, 0) is 29.0 Å². The van der Waals surface area contributed by atoms with Gasteiger partial charge in [0, 0.05) is 0 Å². The van der Waals surface area contributed by atoms with Gasteiger partial charge in [0.25, 0.3) is 5.56 Å². The molecular weight excluding hydrogens is 284 g/mol. The molecule has 1 aromatic carbocycles. The van der Waals surface area contributed by atoms with Crippen LogP contribution in [0.15, 0.2) is 40.5 Å². The quantitative estimate of drug-likeness (QED) is 0.799. The van der Waals surface area contributed by atoms with Crippen molar-refractivity contribution in [2.75, 3.05) is 0 Å². The van der Waals surface area contributed by atoms with Crippen LogP contribution < -0.4 is 10.3 Å². The number of ether oxygens (including phenoxy) is 1. The molecule has 0 spiro atoms. The number of para-hydroxylation sites is 1. The highest BCUT2D eigenvalue weighted by Crippen LogP contribution is 2.26. The number of aromatic nitrogens is 2. The number of fused-ring (bicyclic) bond motifs is 1. The second-order valence-electron chi connectivity index (χ2n) is 5.13. The zero-order valence-corrected chi connectivity index (χ0v) is 12.7. The summed E-state index contributed by atoms with van der Waals surface area (Å²) < 4.78 is 6.49. The van der Waals surface area contributed by atoms with E-state index in [1.54, 1.807) is 0 Å². The summed E-state index contributed by atoms with van der Waals surface area (Å²) in [6.45, 7) is 4.50. The summed E-state index contributed by atoms with van der Waals surface area (Å²) in [5.74, 6) is 1.76. The van der Waals surface area contributed by atoms with Crippen LogP contribution in [0.5, 0.6) is 5.75 Å². The minimum absolute atomic E-state index is 0.106. The summed E-state index contributed by atoms with van der Waals surface area (Å²) in [6.07, 6.45) is 0. The lowest BCUT2D eigenvalue weighted by Crippen LogP contribution is -2.12. The fourth-order valence-corrected chi connectivity index (χ4v) is 2.95. The van der Waals surface area contributed by atoms with Crippen molar-refractivity contribution in [3.05, 3.63) is 57.5 Å². The van der Waals surface area contributed by atoms with E-state index >= 15 is 0 Å². The van der Waals surface area contributed by atoms with Crippen LogP contribution in [0.4, 0.5) is 0 Å². The van der Waals surface area contributed by atoms with E-state index in [0.717, 1.165) is 16.8 Å². The van der Waals surface area contributed by atoms with E-state index < -0.39 is 0 Å². The fraction of sp³-hybridized carbons (Fsp3) is 0.250. The normalized spacial score (nSPS) is 11.2. The van der Waals surface area contributed by atoms with Gasteiger partial charge in [0.2, 0.25) is 0 Å². The first-order valence-corrected chi connectivity index (χ1v) is 7.71. The summed E-state index contributed by atoms with van der Waals surface area (Å²) in [4.78, 5) is 19.1. The average Bonchev–Trinajstić information content (AvgIpc) is 2.94. The minimum Gasteiger partial charge on any atom is -0.485 e. The van der Waals surface area contributed by atoms with Crippen molar-refractivity contribution in [2.24, 2.45) is 0 Å². The van der Waals surface area contributed by atoms with Gasteiger partial charge in [-0.15, -0.1) is 11.3 Å². The number of hydrogen-bond acceptors (Lipinski definition) is 4. The molecule has 0 unspecified atom stereocenters. The molecule has 0 saturated heterocycles. The van der Waals surface area contributed by atoms with Crippen LogP contribution in [0.3, 0.4) is 0 Å². The molecule has 0 amide bonds. The van der Waals surface area contributed by atoms with E-state index in [0.29, 0.717) is 16.4 Å². The van der Waals surface area contributed by atoms with E-state index in [1.165, 1.54) is 11.3 Å². The van der Waals surface area contributed by atoms with Gasteiger partial charge in [0.1, 0.15) is 22.9 Å². The lowest BCUT2D eigenvalue weighted by molar-refractivity contribution is 0.292. The number of nitrogens with one attached hydrogen (secondary N) is 1. The molecular formula is C16H16N2O2S. The van der Waals surface area contributed by atoms with Crippen LogP contribution in [-0.4, -0.2) is 9.97 Å². The van der Waals surface area contributed by atoms with Gasteiger partial charge in [-0.1, -0.05) is 32.0 Å². The predicted octanol–water partition coefficient (Wildman–Crippen LogP) is 3.69. The topological polar surface area (TPSA) is 55.0 Å². The first-order chi connectivity index (χ1) is 10.1. The predicted molar refractivity (Wildman–Crippen MR) is 85.1 cm³/mol. The Bertz CT molecular complexity index is 820. The van der Waals surface area contributed by atoms with Gasteiger partial charge in [-0.25, -0.2) is 4.98 Å². The summed E-state index contributed by atoms with van der Waals surface area (Å²) in [7, 11) is 0. The van der Waals surface area contributed by atoms with Crippen molar-refractivity contribution in [3.8, 4) is 5.75 Å². The largest absolute Gasteiger partial charge is 0.485 e. The van der Waals surface area contributed by atoms with Gasteiger partial charge < -0.3 is 9.72 Å². The maximum Gasteiger partial charge on any atom is 0.268 e. The second kappa shape index (κ2) is 5.69. The SMILES string of the molecule is CC(C)c1ccccc1OCc1nc2ccsc2c(=O)[nH]1. The van der Waals surface area contributed by atoms with E-state index in [9.17, 15) is 4.79 Å². The molecule has 3 rings (SSSR count).